The highest BCUT2D eigenvalue weighted by molar-refractivity contribution is 6.31. The van der Waals surface area contributed by atoms with Crippen molar-refractivity contribution >= 4 is 28.4 Å². The second-order valence-electron chi connectivity index (χ2n) is 8.41. The Kier molecular flexibility index (Phi) is 7.33. The molecule has 0 spiro atoms. The maximum Gasteiger partial charge on any atom is 0.273 e. The van der Waals surface area contributed by atoms with Gasteiger partial charge in [0.2, 0.25) is 0 Å². The van der Waals surface area contributed by atoms with E-state index >= 15 is 0 Å². The quantitative estimate of drug-likeness (QED) is 0.391. The average molecular weight is 493 g/mol. The number of aromatic nitrogens is 4. The van der Waals surface area contributed by atoms with E-state index in [1.807, 2.05) is 43.7 Å². The number of amides is 1. The first-order valence-corrected chi connectivity index (χ1v) is 11.9. The van der Waals surface area contributed by atoms with Crippen LogP contribution in [-0.2, 0) is 13.1 Å². The van der Waals surface area contributed by atoms with Gasteiger partial charge in [-0.1, -0.05) is 11.6 Å². The SMILES string of the molecule is CCn1ncc(CN(C)C(=O)c2nc(-c3ccc(OCCN)c(C)c3)nc3ccc(Cl)cc23)c1C. The normalized spacial score (nSPS) is 11.1. The molecular formula is C26H29ClN6O2. The highest BCUT2D eigenvalue weighted by Crippen LogP contribution is 2.28. The third-order valence-electron chi connectivity index (χ3n) is 5.93. The first-order valence-electron chi connectivity index (χ1n) is 11.5. The Balaban J connectivity index is 1.73. The Hall–Kier alpha value is -3.49. The van der Waals surface area contributed by atoms with Crippen molar-refractivity contribution in [3.63, 3.8) is 0 Å². The molecule has 0 aliphatic carbocycles. The van der Waals surface area contributed by atoms with E-state index in [1.54, 1.807) is 36.3 Å². The summed E-state index contributed by atoms with van der Waals surface area (Å²) in [6.45, 7) is 8.07. The van der Waals surface area contributed by atoms with Crippen molar-refractivity contribution in [1.82, 2.24) is 24.6 Å². The van der Waals surface area contributed by atoms with Crippen LogP contribution in [0.2, 0.25) is 5.02 Å². The maximum atomic E-state index is 13.6. The van der Waals surface area contributed by atoms with Crippen LogP contribution in [0.15, 0.2) is 42.6 Å². The number of fused-ring (bicyclic) bond motifs is 1. The number of ether oxygens (including phenoxy) is 1. The molecule has 1 amide bonds. The Morgan fingerprint density at radius 3 is 2.66 bits per heavy atom. The minimum absolute atomic E-state index is 0.218. The number of nitrogens with zero attached hydrogens (tertiary/aromatic N) is 5. The number of hydrogen-bond acceptors (Lipinski definition) is 6. The average Bonchev–Trinajstić information content (AvgIpc) is 3.21. The van der Waals surface area contributed by atoms with Gasteiger partial charge < -0.3 is 15.4 Å². The van der Waals surface area contributed by atoms with Crippen LogP contribution >= 0.6 is 11.6 Å². The van der Waals surface area contributed by atoms with E-state index < -0.39 is 0 Å². The first kappa shape index (κ1) is 24.6. The van der Waals surface area contributed by atoms with E-state index in [2.05, 4.69) is 5.10 Å². The fourth-order valence-electron chi connectivity index (χ4n) is 3.98. The van der Waals surface area contributed by atoms with Gasteiger partial charge in [0.15, 0.2) is 5.82 Å². The number of aryl methyl sites for hydroxylation is 2. The van der Waals surface area contributed by atoms with E-state index in [1.165, 1.54) is 0 Å². The number of rotatable bonds is 8. The van der Waals surface area contributed by atoms with Crippen molar-refractivity contribution in [2.75, 3.05) is 20.2 Å². The molecule has 0 aliphatic rings. The van der Waals surface area contributed by atoms with E-state index in [4.69, 9.17) is 32.0 Å². The van der Waals surface area contributed by atoms with Crippen molar-refractivity contribution in [2.24, 2.45) is 5.73 Å². The lowest BCUT2D eigenvalue weighted by Gasteiger charge is -2.18. The van der Waals surface area contributed by atoms with Crippen LogP contribution in [0.25, 0.3) is 22.3 Å². The van der Waals surface area contributed by atoms with Gasteiger partial charge in [-0.3, -0.25) is 9.48 Å². The Morgan fingerprint density at radius 1 is 1.17 bits per heavy atom. The number of nitrogens with two attached hydrogens (primary N) is 1. The summed E-state index contributed by atoms with van der Waals surface area (Å²) in [5, 5.41) is 5.51. The van der Waals surface area contributed by atoms with Crippen LogP contribution in [0, 0.1) is 13.8 Å². The van der Waals surface area contributed by atoms with E-state index in [0.717, 1.165) is 34.7 Å². The van der Waals surface area contributed by atoms with Gasteiger partial charge in [0.1, 0.15) is 18.1 Å². The van der Waals surface area contributed by atoms with Gasteiger partial charge >= 0.3 is 0 Å². The van der Waals surface area contributed by atoms with E-state index in [9.17, 15) is 4.79 Å². The number of halogens is 1. The van der Waals surface area contributed by atoms with Crippen molar-refractivity contribution < 1.29 is 9.53 Å². The largest absolute Gasteiger partial charge is 0.492 e. The summed E-state index contributed by atoms with van der Waals surface area (Å²) in [5.41, 5.74) is 10.2. The van der Waals surface area contributed by atoms with Crippen LogP contribution in [-0.4, -0.2) is 50.8 Å². The molecule has 0 unspecified atom stereocenters. The van der Waals surface area contributed by atoms with Crippen molar-refractivity contribution in [2.45, 2.75) is 33.9 Å². The second kappa shape index (κ2) is 10.4. The standard InChI is InChI=1S/C26H29ClN6O2/c1-5-33-17(3)19(14-29-33)15-32(4)26(34)24-21-13-20(27)7-8-22(21)30-25(31-24)18-6-9-23(16(2)12-18)35-11-10-28/h6-9,12-14H,5,10-11,15,28H2,1-4H3. The molecule has 35 heavy (non-hydrogen) atoms. The van der Waals surface area contributed by atoms with Crippen molar-refractivity contribution in [3.8, 4) is 17.1 Å². The number of carbonyl (C=O) groups excluding carboxylic acids is 1. The van der Waals surface area contributed by atoms with Gasteiger partial charge in [-0.2, -0.15) is 5.10 Å². The molecule has 0 atom stereocenters. The lowest BCUT2D eigenvalue weighted by molar-refractivity contribution is 0.0781. The molecule has 8 nitrogen and oxygen atoms in total. The zero-order chi connectivity index (χ0) is 25.1. The van der Waals surface area contributed by atoms with Gasteiger partial charge in [0.05, 0.1) is 11.7 Å². The molecule has 2 N–H and O–H groups in total. The van der Waals surface area contributed by atoms with Gasteiger partial charge in [-0.15, -0.1) is 0 Å². The third kappa shape index (κ3) is 5.13. The fraction of sp³-hybridized carbons (Fsp3) is 0.308. The summed E-state index contributed by atoms with van der Waals surface area (Å²) in [5.74, 6) is 0.995. The van der Waals surface area contributed by atoms with Crippen LogP contribution in [0.5, 0.6) is 5.75 Å². The van der Waals surface area contributed by atoms with Crippen LogP contribution in [0.3, 0.4) is 0 Å². The van der Waals surface area contributed by atoms with E-state index in [0.29, 0.717) is 47.1 Å². The van der Waals surface area contributed by atoms with Crippen molar-refractivity contribution in [3.05, 3.63) is 70.1 Å². The van der Waals surface area contributed by atoms with Gasteiger partial charge in [-0.05, 0) is 62.7 Å². The van der Waals surface area contributed by atoms with Gasteiger partial charge in [-0.25, -0.2) is 9.97 Å². The zero-order valence-electron chi connectivity index (χ0n) is 20.4. The molecule has 2 heterocycles. The minimum atomic E-state index is -0.218. The number of benzene rings is 2. The molecule has 2 aromatic heterocycles. The van der Waals surface area contributed by atoms with Crippen LogP contribution in [0.1, 0.15) is 34.2 Å². The predicted octanol–water partition coefficient (Wildman–Crippen LogP) is 4.39. The summed E-state index contributed by atoms with van der Waals surface area (Å²) in [4.78, 5) is 24.7. The summed E-state index contributed by atoms with van der Waals surface area (Å²) >= 11 is 6.27. The molecular weight excluding hydrogens is 464 g/mol. The molecule has 0 saturated heterocycles. The summed E-state index contributed by atoms with van der Waals surface area (Å²) in [7, 11) is 1.76. The fourth-order valence-corrected chi connectivity index (χ4v) is 4.15. The first-order chi connectivity index (χ1) is 16.8. The highest BCUT2D eigenvalue weighted by atomic mass is 35.5. The topological polar surface area (TPSA) is 99.2 Å². The molecule has 182 valence electrons. The molecule has 2 aromatic carbocycles. The third-order valence-corrected chi connectivity index (χ3v) is 6.16. The Labute approximate surface area is 209 Å². The molecule has 4 rings (SSSR count). The molecule has 0 radical (unpaired) electrons. The minimum Gasteiger partial charge on any atom is -0.492 e. The molecule has 0 aliphatic heterocycles. The summed E-state index contributed by atoms with van der Waals surface area (Å²) in [6, 6.07) is 11.0. The number of hydrogen-bond donors (Lipinski definition) is 1. The lowest BCUT2D eigenvalue weighted by atomic mass is 10.1. The Bertz CT molecular complexity index is 1380. The van der Waals surface area contributed by atoms with Crippen molar-refractivity contribution in [1.29, 1.82) is 0 Å². The van der Waals surface area contributed by atoms with Crippen LogP contribution in [0.4, 0.5) is 0 Å². The van der Waals surface area contributed by atoms with Gasteiger partial charge in [0, 0.05) is 53.9 Å². The molecule has 9 heteroatoms. The molecule has 0 saturated carbocycles. The summed E-state index contributed by atoms with van der Waals surface area (Å²) < 4.78 is 7.59. The lowest BCUT2D eigenvalue weighted by Crippen LogP contribution is -2.27. The highest BCUT2D eigenvalue weighted by Gasteiger charge is 2.21. The monoisotopic (exact) mass is 492 g/mol. The smallest absolute Gasteiger partial charge is 0.273 e. The predicted molar refractivity (Wildman–Crippen MR) is 138 cm³/mol. The van der Waals surface area contributed by atoms with Gasteiger partial charge in [0.25, 0.3) is 5.91 Å². The second-order valence-corrected chi connectivity index (χ2v) is 8.84. The Morgan fingerprint density at radius 2 is 1.97 bits per heavy atom. The molecule has 4 aromatic rings. The van der Waals surface area contributed by atoms with Crippen LogP contribution < -0.4 is 10.5 Å². The maximum absolute atomic E-state index is 13.6. The summed E-state index contributed by atoms with van der Waals surface area (Å²) in [6.07, 6.45) is 1.81. The zero-order valence-corrected chi connectivity index (χ0v) is 21.1. The molecule has 0 fully saturated rings. The van der Waals surface area contributed by atoms with E-state index in [-0.39, 0.29) is 5.91 Å². The number of carbonyl (C=O) groups is 1. The molecule has 0 bridgehead atoms.